The number of carbonyl (C=O) groups is 1. The molecule has 132 valence electrons. The van der Waals surface area contributed by atoms with E-state index in [1.54, 1.807) is 29.8 Å². The number of hydrogen-bond donors (Lipinski definition) is 0. The van der Waals surface area contributed by atoms with Gasteiger partial charge in [0.1, 0.15) is 0 Å². The molecule has 0 saturated carbocycles. The summed E-state index contributed by atoms with van der Waals surface area (Å²) in [6.45, 7) is 4.23. The van der Waals surface area contributed by atoms with Gasteiger partial charge in [-0.2, -0.15) is 0 Å². The van der Waals surface area contributed by atoms with Crippen LogP contribution in [0.25, 0.3) is 11.1 Å². The third-order valence-corrected chi connectivity index (χ3v) is 4.07. The molecule has 0 saturated heterocycles. The highest BCUT2D eigenvalue weighted by atomic mass is 16.5. The van der Waals surface area contributed by atoms with E-state index in [2.05, 4.69) is 9.97 Å². The van der Waals surface area contributed by atoms with Crippen LogP contribution in [0.4, 0.5) is 0 Å². The average molecular weight is 349 g/mol. The largest absolute Gasteiger partial charge is 0.462 e. The number of nitrogens with zero attached hydrogens (tertiary/aromatic N) is 3. The molecule has 26 heavy (non-hydrogen) atoms. The molecule has 0 fully saturated rings. The Balaban J connectivity index is 1.90. The van der Waals surface area contributed by atoms with E-state index in [4.69, 9.17) is 4.74 Å². The lowest BCUT2D eigenvalue weighted by Gasteiger charge is -2.13. The van der Waals surface area contributed by atoms with Gasteiger partial charge in [0.2, 0.25) is 0 Å². The maximum Gasteiger partial charge on any atom is 0.348 e. The molecule has 2 heterocycles. The predicted octanol–water partition coefficient (Wildman–Crippen LogP) is 2.84. The lowest BCUT2D eigenvalue weighted by Crippen LogP contribution is -2.26. The molecule has 0 bridgehead atoms. The van der Waals surface area contributed by atoms with Gasteiger partial charge in [-0.1, -0.05) is 30.3 Å². The Hall–Kier alpha value is -3.28. The number of benzene rings is 1. The highest BCUT2D eigenvalue weighted by Gasteiger charge is 2.11. The molecule has 0 aliphatic rings. The van der Waals surface area contributed by atoms with Gasteiger partial charge in [0, 0.05) is 23.7 Å². The Morgan fingerprint density at radius 3 is 2.50 bits per heavy atom. The smallest absolute Gasteiger partial charge is 0.348 e. The van der Waals surface area contributed by atoms with Crippen LogP contribution in [0.15, 0.2) is 59.7 Å². The van der Waals surface area contributed by atoms with Gasteiger partial charge >= 0.3 is 11.7 Å². The van der Waals surface area contributed by atoms with Crippen LogP contribution in [0.1, 0.15) is 28.7 Å². The predicted molar refractivity (Wildman–Crippen MR) is 98.0 cm³/mol. The van der Waals surface area contributed by atoms with E-state index in [1.807, 2.05) is 37.3 Å². The van der Waals surface area contributed by atoms with Crippen molar-refractivity contribution in [2.75, 3.05) is 6.61 Å². The van der Waals surface area contributed by atoms with Crippen molar-refractivity contribution in [2.45, 2.75) is 20.4 Å². The molecular formula is C20H19N3O3. The fraction of sp³-hybridized carbons (Fsp3) is 0.200. The van der Waals surface area contributed by atoms with Gasteiger partial charge in [0.05, 0.1) is 24.4 Å². The molecule has 0 spiro atoms. The number of esters is 1. The zero-order chi connectivity index (χ0) is 18.5. The number of hydrogen-bond acceptors (Lipinski definition) is 5. The van der Waals surface area contributed by atoms with Crippen molar-refractivity contribution in [1.29, 1.82) is 0 Å². The molecule has 3 rings (SSSR count). The topological polar surface area (TPSA) is 74.1 Å². The zero-order valence-corrected chi connectivity index (χ0v) is 14.7. The van der Waals surface area contributed by atoms with E-state index < -0.39 is 5.97 Å². The standard InChI is InChI=1S/C20H19N3O3/c1-3-26-19(24)16-9-10-17(21-11-16)13-23-14(2)18(12-22-20(23)25)15-7-5-4-6-8-15/h4-12H,3,13H2,1-2H3. The maximum atomic E-state index is 12.2. The molecular weight excluding hydrogens is 330 g/mol. The highest BCUT2D eigenvalue weighted by molar-refractivity contribution is 5.88. The molecule has 6 nitrogen and oxygen atoms in total. The summed E-state index contributed by atoms with van der Waals surface area (Å²) in [5.74, 6) is -0.410. The number of aromatic nitrogens is 3. The van der Waals surface area contributed by atoms with Gasteiger partial charge in [-0.15, -0.1) is 0 Å². The summed E-state index contributed by atoms with van der Waals surface area (Å²) in [4.78, 5) is 32.2. The average Bonchev–Trinajstić information content (AvgIpc) is 2.66. The van der Waals surface area contributed by atoms with Crippen molar-refractivity contribution in [3.05, 3.63) is 82.3 Å². The summed E-state index contributed by atoms with van der Waals surface area (Å²) >= 11 is 0. The van der Waals surface area contributed by atoms with Crippen LogP contribution in [0.3, 0.4) is 0 Å². The van der Waals surface area contributed by atoms with Crippen LogP contribution in [0.2, 0.25) is 0 Å². The molecule has 1 aromatic carbocycles. The first-order valence-electron chi connectivity index (χ1n) is 8.34. The second-order valence-corrected chi connectivity index (χ2v) is 5.75. The third kappa shape index (κ3) is 3.69. The molecule has 0 unspecified atom stereocenters. The van der Waals surface area contributed by atoms with E-state index in [0.717, 1.165) is 16.8 Å². The summed E-state index contributed by atoms with van der Waals surface area (Å²) in [7, 11) is 0. The van der Waals surface area contributed by atoms with Gasteiger partial charge in [0.25, 0.3) is 0 Å². The van der Waals surface area contributed by atoms with Crippen LogP contribution < -0.4 is 5.69 Å². The summed E-state index contributed by atoms with van der Waals surface area (Å²) < 4.78 is 6.52. The molecule has 0 atom stereocenters. The molecule has 0 aliphatic carbocycles. The Bertz CT molecular complexity index is 964. The number of rotatable bonds is 5. The van der Waals surface area contributed by atoms with E-state index in [9.17, 15) is 9.59 Å². The van der Waals surface area contributed by atoms with Gasteiger partial charge in [-0.05, 0) is 31.5 Å². The van der Waals surface area contributed by atoms with Gasteiger partial charge < -0.3 is 4.74 Å². The van der Waals surface area contributed by atoms with Crippen LogP contribution in [0, 0.1) is 6.92 Å². The SMILES string of the molecule is CCOC(=O)c1ccc(Cn2c(C)c(-c3ccccc3)cnc2=O)nc1. The van der Waals surface area contributed by atoms with Crippen molar-refractivity contribution in [2.24, 2.45) is 0 Å². The van der Waals surface area contributed by atoms with Crippen LogP contribution in [0.5, 0.6) is 0 Å². The molecule has 6 heteroatoms. The van der Waals surface area contributed by atoms with Crippen molar-refractivity contribution < 1.29 is 9.53 Å². The monoisotopic (exact) mass is 349 g/mol. The molecule has 2 aromatic heterocycles. The minimum Gasteiger partial charge on any atom is -0.462 e. The Morgan fingerprint density at radius 2 is 1.85 bits per heavy atom. The lowest BCUT2D eigenvalue weighted by atomic mass is 10.1. The summed E-state index contributed by atoms with van der Waals surface area (Å²) in [5, 5.41) is 0. The zero-order valence-electron chi connectivity index (χ0n) is 14.7. The lowest BCUT2D eigenvalue weighted by molar-refractivity contribution is 0.0526. The van der Waals surface area contributed by atoms with Crippen LogP contribution in [-0.2, 0) is 11.3 Å². The van der Waals surface area contributed by atoms with Gasteiger partial charge in [0.15, 0.2) is 0 Å². The third-order valence-electron chi connectivity index (χ3n) is 4.07. The van der Waals surface area contributed by atoms with Crippen molar-refractivity contribution >= 4 is 5.97 Å². The Morgan fingerprint density at radius 1 is 1.08 bits per heavy atom. The molecule has 3 aromatic rings. The van der Waals surface area contributed by atoms with Crippen LogP contribution >= 0.6 is 0 Å². The number of carbonyl (C=O) groups excluding carboxylic acids is 1. The van der Waals surface area contributed by atoms with Crippen molar-refractivity contribution in [3.8, 4) is 11.1 Å². The first kappa shape index (κ1) is 17.5. The van der Waals surface area contributed by atoms with Crippen molar-refractivity contribution in [3.63, 3.8) is 0 Å². The van der Waals surface area contributed by atoms with Gasteiger partial charge in [-0.3, -0.25) is 9.55 Å². The number of pyridine rings is 1. The van der Waals surface area contributed by atoms with Gasteiger partial charge in [-0.25, -0.2) is 14.6 Å². The van der Waals surface area contributed by atoms with Crippen molar-refractivity contribution in [1.82, 2.24) is 14.5 Å². The minimum absolute atomic E-state index is 0.279. The Kier molecular flexibility index (Phi) is 5.22. The normalized spacial score (nSPS) is 10.5. The van der Waals surface area contributed by atoms with E-state index in [1.165, 1.54) is 6.20 Å². The second kappa shape index (κ2) is 7.74. The summed E-state index contributed by atoms with van der Waals surface area (Å²) in [6.07, 6.45) is 3.06. The fourth-order valence-corrected chi connectivity index (χ4v) is 2.67. The highest BCUT2D eigenvalue weighted by Crippen LogP contribution is 2.21. The Labute approximate surface area is 151 Å². The quantitative estimate of drug-likeness (QED) is 0.662. The van der Waals surface area contributed by atoms with E-state index >= 15 is 0 Å². The fourth-order valence-electron chi connectivity index (χ4n) is 2.67. The summed E-state index contributed by atoms with van der Waals surface area (Å²) in [6, 6.07) is 13.1. The van der Waals surface area contributed by atoms with E-state index in [-0.39, 0.29) is 12.2 Å². The number of ether oxygens (including phenoxy) is 1. The molecule has 0 radical (unpaired) electrons. The minimum atomic E-state index is -0.410. The summed E-state index contributed by atoms with van der Waals surface area (Å²) in [5.41, 5.74) is 3.42. The molecule has 0 N–H and O–H groups in total. The first-order chi connectivity index (χ1) is 12.6. The molecule has 0 aliphatic heterocycles. The first-order valence-corrected chi connectivity index (χ1v) is 8.34. The molecule has 0 amide bonds. The second-order valence-electron chi connectivity index (χ2n) is 5.75. The van der Waals surface area contributed by atoms with Crippen LogP contribution in [-0.4, -0.2) is 27.1 Å². The van der Waals surface area contributed by atoms with E-state index in [0.29, 0.717) is 17.9 Å². The maximum absolute atomic E-state index is 12.2.